The first-order valence-corrected chi connectivity index (χ1v) is 13.2. The van der Waals surface area contributed by atoms with Gasteiger partial charge in [-0.05, 0) is 65.3 Å². The molecule has 222 valence electrons. The minimum atomic E-state index is -2.82. The standard InChI is InChI=1S/C28H36N4O9/c1-27(2,3)41-26(39)30-14-10-15(31(4)5)12-8-11-9-13-19(32(6)7)22(35)18(25(29)38)24(37)28(13,40)23(36)16(11)21(34)17(12)20(14)33/h10-11,13,16,18-19,33,40H,8-9H2,1-7H3,(H2,29,38)(H,30,39)/t11-,13-,16?,18?,19-,28-/m1/s1. The van der Waals surface area contributed by atoms with Gasteiger partial charge in [0.2, 0.25) is 5.91 Å². The van der Waals surface area contributed by atoms with Crippen LogP contribution >= 0.6 is 0 Å². The number of primary amides is 1. The lowest BCUT2D eigenvalue weighted by molar-refractivity contribution is -0.181. The number of carbonyl (C=O) groups excluding carboxylic acids is 6. The molecular formula is C28H36N4O9. The Kier molecular flexibility index (Phi) is 7.28. The smallest absolute Gasteiger partial charge is 0.412 e. The van der Waals surface area contributed by atoms with Gasteiger partial charge >= 0.3 is 6.09 Å². The zero-order valence-corrected chi connectivity index (χ0v) is 24.1. The second-order valence-corrected chi connectivity index (χ2v) is 12.5. The molecule has 3 aliphatic rings. The Bertz CT molecular complexity index is 1380. The highest BCUT2D eigenvalue weighted by Crippen LogP contribution is 2.52. The zero-order chi connectivity index (χ0) is 30.9. The number of rotatable bonds is 4. The van der Waals surface area contributed by atoms with E-state index in [2.05, 4.69) is 5.32 Å². The molecular weight excluding hydrogens is 536 g/mol. The number of ketones is 4. The predicted molar refractivity (Wildman–Crippen MR) is 146 cm³/mol. The lowest BCUT2D eigenvalue weighted by Gasteiger charge is -2.52. The summed E-state index contributed by atoms with van der Waals surface area (Å²) < 4.78 is 5.27. The normalized spacial score (nSPS) is 29.4. The van der Waals surface area contributed by atoms with E-state index in [9.17, 15) is 39.0 Å². The van der Waals surface area contributed by atoms with E-state index in [-0.39, 0.29) is 24.1 Å². The van der Waals surface area contributed by atoms with Crippen LogP contribution in [-0.2, 0) is 30.3 Å². The largest absolute Gasteiger partial charge is 0.505 e. The molecule has 2 amide bonds. The van der Waals surface area contributed by atoms with Gasteiger partial charge in [0.05, 0.1) is 23.2 Å². The van der Waals surface area contributed by atoms with E-state index in [1.165, 1.54) is 25.1 Å². The van der Waals surface area contributed by atoms with Crippen LogP contribution in [0.15, 0.2) is 6.07 Å². The Hall–Kier alpha value is -3.84. The van der Waals surface area contributed by atoms with Gasteiger partial charge in [-0.2, -0.15) is 0 Å². The molecule has 4 rings (SSSR count). The molecule has 0 bridgehead atoms. The van der Waals surface area contributed by atoms with Gasteiger partial charge < -0.3 is 25.6 Å². The number of Topliss-reactive ketones (excluding diaryl/α,β-unsaturated/α-hetero) is 4. The van der Waals surface area contributed by atoms with Crippen LogP contribution in [0.3, 0.4) is 0 Å². The third kappa shape index (κ3) is 4.66. The summed E-state index contributed by atoms with van der Waals surface area (Å²) in [7, 11) is 6.46. The molecule has 41 heavy (non-hydrogen) atoms. The maximum atomic E-state index is 14.0. The lowest BCUT2D eigenvalue weighted by atomic mass is 9.52. The molecule has 13 nitrogen and oxygen atoms in total. The van der Waals surface area contributed by atoms with Crippen LogP contribution < -0.4 is 16.0 Å². The molecule has 0 aromatic heterocycles. The van der Waals surface area contributed by atoms with Gasteiger partial charge in [0.15, 0.2) is 34.7 Å². The Morgan fingerprint density at radius 1 is 1.10 bits per heavy atom. The van der Waals surface area contributed by atoms with Crippen LogP contribution in [0.25, 0.3) is 0 Å². The van der Waals surface area contributed by atoms with E-state index in [1.54, 1.807) is 39.8 Å². The van der Waals surface area contributed by atoms with Gasteiger partial charge in [-0.3, -0.25) is 34.2 Å². The maximum absolute atomic E-state index is 14.0. The van der Waals surface area contributed by atoms with Crippen molar-refractivity contribution in [2.75, 3.05) is 38.4 Å². The predicted octanol–water partition coefficient (Wildman–Crippen LogP) is 0.280. The molecule has 0 saturated heterocycles. The molecule has 1 aromatic rings. The molecule has 5 N–H and O–H groups in total. The number of phenolic OH excluding ortho intramolecular Hbond substituents is 1. The minimum absolute atomic E-state index is 0.0601. The Balaban J connectivity index is 1.85. The van der Waals surface area contributed by atoms with Crippen molar-refractivity contribution in [2.24, 2.45) is 29.4 Å². The fourth-order valence-electron chi connectivity index (χ4n) is 6.56. The maximum Gasteiger partial charge on any atom is 0.412 e. The third-order valence-electron chi connectivity index (χ3n) is 8.16. The number of hydrogen-bond donors (Lipinski definition) is 4. The van der Waals surface area contributed by atoms with Crippen molar-refractivity contribution in [3.63, 3.8) is 0 Å². The number of likely N-dealkylation sites (N-methyl/N-ethyl adjacent to an activating group) is 1. The average molecular weight is 573 g/mol. The summed E-state index contributed by atoms with van der Waals surface area (Å²) in [6.45, 7) is 4.97. The molecule has 0 aliphatic heterocycles. The Morgan fingerprint density at radius 2 is 1.71 bits per heavy atom. The number of anilines is 2. The average Bonchev–Trinajstić information content (AvgIpc) is 2.81. The first-order valence-electron chi connectivity index (χ1n) is 13.2. The van der Waals surface area contributed by atoms with Crippen LogP contribution in [0.1, 0.15) is 43.1 Å². The quantitative estimate of drug-likeness (QED) is 0.286. The number of fused-ring (bicyclic) bond motifs is 3. The van der Waals surface area contributed by atoms with E-state index in [4.69, 9.17) is 10.5 Å². The molecule has 2 fully saturated rings. The topological polar surface area (TPSA) is 197 Å². The van der Waals surface area contributed by atoms with Gasteiger partial charge in [0, 0.05) is 25.7 Å². The molecule has 1 aromatic carbocycles. The van der Waals surface area contributed by atoms with Gasteiger partial charge in [0.1, 0.15) is 11.4 Å². The second-order valence-electron chi connectivity index (χ2n) is 12.5. The molecule has 0 radical (unpaired) electrons. The van der Waals surface area contributed by atoms with Crippen LogP contribution in [-0.4, -0.2) is 95.7 Å². The summed E-state index contributed by atoms with van der Waals surface area (Å²) in [4.78, 5) is 82.3. The van der Waals surface area contributed by atoms with Gasteiger partial charge in [-0.25, -0.2) is 4.79 Å². The van der Waals surface area contributed by atoms with Crippen LogP contribution in [0.4, 0.5) is 16.2 Å². The van der Waals surface area contributed by atoms with Crippen molar-refractivity contribution in [3.05, 3.63) is 17.2 Å². The monoisotopic (exact) mass is 572 g/mol. The minimum Gasteiger partial charge on any atom is -0.505 e. The van der Waals surface area contributed by atoms with Crippen LogP contribution in [0.5, 0.6) is 5.75 Å². The molecule has 0 spiro atoms. The van der Waals surface area contributed by atoms with E-state index in [1.807, 2.05) is 0 Å². The van der Waals surface area contributed by atoms with E-state index in [0.717, 1.165) is 0 Å². The molecule has 13 heteroatoms. The van der Waals surface area contributed by atoms with Gasteiger partial charge in [-0.1, -0.05) is 0 Å². The van der Waals surface area contributed by atoms with Gasteiger partial charge in [0.25, 0.3) is 0 Å². The van der Waals surface area contributed by atoms with Crippen LogP contribution in [0, 0.1) is 23.7 Å². The number of benzene rings is 1. The number of nitrogens with one attached hydrogen (secondary N) is 1. The number of nitrogens with zero attached hydrogens (tertiary/aromatic N) is 2. The van der Waals surface area contributed by atoms with E-state index < -0.39 is 81.8 Å². The van der Waals surface area contributed by atoms with Crippen molar-refractivity contribution in [2.45, 2.75) is 50.9 Å². The Morgan fingerprint density at radius 3 is 2.22 bits per heavy atom. The SMILES string of the molecule is CN(C)c1cc(NC(=O)OC(C)(C)C)c(O)c2c1C[C@@H]1C[C@@H]3[C@@H](N(C)C)C(=O)C(C(N)=O)C(=O)[C@]3(O)C(=O)C1C2=O. The fourth-order valence-corrected chi connectivity index (χ4v) is 6.56. The highest BCUT2D eigenvalue weighted by Gasteiger charge is 2.69. The number of hydrogen-bond acceptors (Lipinski definition) is 11. The molecule has 2 unspecified atom stereocenters. The number of phenols is 1. The summed E-state index contributed by atoms with van der Waals surface area (Å²) in [6.07, 6.45) is -0.844. The first-order chi connectivity index (χ1) is 18.8. The highest BCUT2D eigenvalue weighted by atomic mass is 16.6. The fraction of sp³-hybridized carbons (Fsp3) is 0.571. The number of aromatic hydroxyl groups is 1. The van der Waals surface area contributed by atoms with Crippen molar-refractivity contribution in [3.8, 4) is 5.75 Å². The first kappa shape index (κ1) is 30.1. The van der Waals surface area contributed by atoms with Crippen molar-refractivity contribution in [1.29, 1.82) is 0 Å². The number of nitrogens with two attached hydrogens (primary N) is 1. The summed E-state index contributed by atoms with van der Waals surface area (Å²) in [6, 6.07) is 0.305. The number of amides is 2. The molecule has 3 aliphatic carbocycles. The number of aliphatic hydroxyl groups is 1. The number of carbonyl (C=O) groups is 6. The molecule has 2 saturated carbocycles. The van der Waals surface area contributed by atoms with Crippen LogP contribution in [0.2, 0.25) is 0 Å². The third-order valence-corrected chi connectivity index (χ3v) is 8.16. The zero-order valence-electron chi connectivity index (χ0n) is 24.1. The van der Waals surface area contributed by atoms with Crippen molar-refractivity contribution >= 4 is 46.5 Å². The summed E-state index contributed by atoms with van der Waals surface area (Å²) >= 11 is 0. The summed E-state index contributed by atoms with van der Waals surface area (Å²) in [5, 5.41) is 25.3. The molecule has 0 heterocycles. The van der Waals surface area contributed by atoms with E-state index in [0.29, 0.717) is 11.3 Å². The summed E-state index contributed by atoms with van der Waals surface area (Å²) in [5.41, 5.74) is 2.23. The Labute approximate surface area is 237 Å². The van der Waals surface area contributed by atoms with Crippen molar-refractivity contribution in [1.82, 2.24) is 4.90 Å². The lowest BCUT2D eigenvalue weighted by Crippen LogP contribution is -2.74. The highest BCUT2D eigenvalue weighted by molar-refractivity contribution is 6.32. The second kappa shape index (κ2) is 9.91. The summed E-state index contributed by atoms with van der Waals surface area (Å²) in [5.74, 6) is -11.5. The van der Waals surface area contributed by atoms with E-state index >= 15 is 0 Å². The van der Waals surface area contributed by atoms with Crippen molar-refractivity contribution < 1.29 is 43.7 Å². The number of ether oxygens (including phenoxy) is 1. The molecule has 6 atom stereocenters. The van der Waals surface area contributed by atoms with Gasteiger partial charge in [-0.15, -0.1) is 0 Å².